The van der Waals surface area contributed by atoms with Gasteiger partial charge in [0.25, 0.3) is 0 Å². The van der Waals surface area contributed by atoms with Crippen molar-refractivity contribution < 1.29 is 19.8 Å². The lowest BCUT2D eigenvalue weighted by atomic mass is 9.99. The standard InChI is InChI=1S/C9H16O4/c1-7(5-6-9(12)13)3-2-4-8(10)11/h7H,2-6H2,1H3,(H,10,11)(H,12,13)/t7-/m0/s1. The van der Waals surface area contributed by atoms with Gasteiger partial charge in [0.1, 0.15) is 0 Å². The quantitative estimate of drug-likeness (QED) is 0.638. The van der Waals surface area contributed by atoms with E-state index in [4.69, 9.17) is 10.2 Å². The van der Waals surface area contributed by atoms with E-state index < -0.39 is 11.9 Å². The first kappa shape index (κ1) is 11.9. The van der Waals surface area contributed by atoms with E-state index in [-0.39, 0.29) is 12.8 Å². The SMILES string of the molecule is C[C@@H](CCCC(=O)O)CCC(=O)O. The first-order valence-electron chi connectivity index (χ1n) is 4.46. The third kappa shape index (κ3) is 8.85. The largest absolute Gasteiger partial charge is 0.481 e. The average molecular weight is 188 g/mol. The molecule has 76 valence electrons. The number of aliphatic carboxylic acids is 2. The smallest absolute Gasteiger partial charge is 0.303 e. The molecular weight excluding hydrogens is 172 g/mol. The van der Waals surface area contributed by atoms with Crippen molar-refractivity contribution in [3.63, 3.8) is 0 Å². The molecule has 1 atom stereocenters. The molecule has 0 heterocycles. The highest BCUT2D eigenvalue weighted by Crippen LogP contribution is 2.13. The number of rotatable bonds is 7. The van der Waals surface area contributed by atoms with E-state index in [1.807, 2.05) is 6.92 Å². The Balaban J connectivity index is 3.35. The molecule has 0 rings (SSSR count). The molecule has 0 aliphatic carbocycles. The average Bonchev–Trinajstić information content (AvgIpc) is 2.00. The van der Waals surface area contributed by atoms with Gasteiger partial charge in [-0.15, -0.1) is 0 Å². The van der Waals surface area contributed by atoms with Crippen molar-refractivity contribution in [1.82, 2.24) is 0 Å². The van der Waals surface area contributed by atoms with E-state index in [1.165, 1.54) is 0 Å². The van der Waals surface area contributed by atoms with Crippen LogP contribution < -0.4 is 0 Å². The molecule has 2 N–H and O–H groups in total. The zero-order valence-electron chi connectivity index (χ0n) is 7.82. The molecule has 0 amide bonds. The minimum Gasteiger partial charge on any atom is -0.481 e. The third-order valence-corrected chi connectivity index (χ3v) is 1.94. The van der Waals surface area contributed by atoms with Crippen molar-refractivity contribution in [2.45, 2.75) is 39.0 Å². The molecule has 0 saturated heterocycles. The van der Waals surface area contributed by atoms with Crippen LogP contribution in [0.5, 0.6) is 0 Å². The monoisotopic (exact) mass is 188 g/mol. The summed E-state index contributed by atoms with van der Waals surface area (Å²) in [5.74, 6) is -1.27. The van der Waals surface area contributed by atoms with Crippen molar-refractivity contribution in [2.75, 3.05) is 0 Å². The Morgan fingerprint density at radius 1 is 1.08 bits per heavy atom. The van der Waals surface area contributed by atoms with E-state index in [2.05, 4.69) is 0 Å². The van der Waals surface area contributed by atoms with Crippen molar-refractivity contribution in [2.24, 2.45) is 5.92 Å². The van der Waals surface area contributed by atoms with Gasteiger partial charge in [-0.2, -0.15) is 0 Å². The number of carboxylic acid groups (broad SMARTS) is 2. The lowest BCUT2D eigenvalue weighted by molar-refractivity contribution is -0.138. The maximum absolute atomic E-state index is 10.2. The Hall–Kier alpha value is -1.06. The highest BCUT2D eigenvalue weighted by molar-refractivity contribution is 5.67. The Morgan fingerprint density at radius 2 is 1.62 bits per heavy atom. The zero-order chi connectivity index (χ0) is 10.3. The normalized spacial score (nSPS) is 12.4. The number of hydrogen-bond acceptors (Lipinski definition) is 2. The van der Waals surface area contributed by atoms with Gasteiger partial charge in [0.2, 0.25) is 0 Å². The van der Waals surface area contributed by atoms with Gasteiger partial charge < -0.3 is 10.2 Å². The van der Waals surface area contributed by atoms with Gasteiger partial charge in [0.15, 0.2) is 0 Å². The van der Waals surface area contributed by atoms with Crippen LogP contribution in [-0.4, -0.2) is 22.2 Å². The van der Waals surface area contributed by atoms with E-state index in [0.29, 0.717) is 18.8 Å². The molecule has 0 bridgehead atoms. The van der Waals surface area contributed by atoms with Crippen LogP contribution in [0.1, 0.15) is 39.0 Å². The molecule has 0 fully saturated rings. The van der Waals surface area contributed by atoms with Crippen LogP contribution in [0.2, 0.25) is 0 Å². The molecular formula is C9H16O4. The number of carbonyl (C=O) groups is 2. The first-order chi connectivity index (χ1) is 6.02. The fourth-order valence-electron chi connectivity index (χ4n) is 1.12. The Bertz CT molecular complexity index is 176. The third-order valence-electron chi connectivity index (χ3n) is 1.94. The van der Waals surface area contributed by atoms with Crippen LogP contribution in [-0.2, 0) is 9.59 Å². The van der Waals surface area contributed by atoms with Gasteiger partial charge in [-0.05, 0) is 18.8 Å². The lowest BCUT2D eigenvalue weighted by Gasteiger charge is -2.07. The molecule has 0 aromatic carbocycles. The second-order valence-electron chi connectivity index (χ2n) is 3.32. The second kappa shape index (κ2) is 6.46. The second-order valence-corrected chi connectivity index (χ2v) is 3.32. The molecule has 0 unspecified atom stereocenters. The Kier molecular flexibility index (Phi) is 5.93. The molecule has 0 saturated carbocycles. The summed E-state index contributed by atoms with van der Waals surface area (Å²) in [6.45, 7) is 1.95. The van der Waals surface area contributed by atoms with Crippen LogP contribution in [0.3, 0.4) is 0 Å². The molecule has 4 heteroatoms. The van der Waals surface area contributed by atoms with Crippen LogP contribution >= 0.6 is 0 Å². The molecule has 0 spiro atoms. The van der Waals surface area contributed by atoms with Crippen molar-refractivity contribution in [3.8, 4) is 0 Å². The van der Waals surface area contributed by atoms with E-state index in [0.717, 1.165) is 6.42 Å². The summed E-state index contributed by atoms with van der Waals surface area (Å²) in [6, 6.07) is 0. The highest BCUT2D eigenvalue weighted by Gasteiger charge is 2.06. The fraction of sp³-hybridized carbons (Fsp3) is 0.778. The molecule has 4 nitrogen and oxygen atoms in total. The molecule has 0 aromatic heterocycles. The summed E-state index contributed by atoms with van der Waals surface area (Å²) in [5.41, 5.74) is 0. The molecule has 0 aromatic rings. The van der Waals surface area contributed by atoms with Gasteiger partial charge in [-0.3, -0.25) is 9.59 Å². The Labute approximate surface area is 77.6 Å². The topological polar surface area (TPSA) is 74.6 Å². The summed E-state index contributed by atoms with van der Waals surface area (Å²) < 4.78 is 0. The number of carboxylic acids is 2. The maximum atomic E-state index is 10.2. The van der Waals surface area contributed by atoms with Crippen LogP contribution in [0, 0.1) is 5.92 Å². The summed E-state index contributed by atoms with van der Waals surface area (Å²) in [7, 11) is 0. The van der Waals surface area contributed by atoms with Crippen molar-refractivity contribution in [1.29, 1.82) is 0 Å². The number of hydrogen-bond donors (Lipinski definition) is 2. The fourth-order valence-corrected chi connectivity index (χ4v) is 1.12. The minimum atomic E-state index is -0.787. The summed E-state index contributed by atoms with van der Waals surface area (Å²) in [4.78, 5) is 20.3. The lowest BCUT2D eigenvalue weighted by Crippen LogP contribution is -2.02. The highest BCUT2D eigenvalue weighted by atomic mass is 16.4. The van der Waals surface area contributed by atoms with E-state index in [1.54, 1.807) is 0 Å². The van der Waals surface area contributed by atoms with Gasteiger partial charge in [-0.25, -0.2) is 0 Å². The molecule has 0 aliphatic heterocycles. The predicted octanol–water partition coefficient (Wildman–Crippen LogP) is 1.74. The summed E-state index contributed by atoms with van der Waals surface area (Å²) in [6.07, 6.45) is 2.41. The zero-order valence-corrected chi connectivity index (χ0v) is 7.82. The van der Waals surface area contributed by atoms with Gasteiger partial charge >= 0.3 is 11.9 Å². The van der Waals surface area contributed by atoms with Gasteiger partial charge in [0.05, 0.1) is 0 Å². The predicted molar refractivity (Wildman–Crippen MR) is 47.5 cm³/mol. The van der Waals surface area contributed by atoms with Crippen molar-refractivity contribution >= 4 is 11.9 Å². The first-order valence-corrected chi connectivity index (χ1v) is 4.46. The van der Waals surface area contributed by atoms with Gasteiger partial charge in [0, 0.05) is 12.8 Å². The minimum absolute atomic E-state index is 0.175. The summed E-state index contributed by atoms with van der Waals surface area (Å²) >= 11 is 0. The molecule has 0 radical (unpaired) electrons. The van der Waals surface area contributed by atoms with E-state index >= 15 is 0 Å². The maximum Gasteiger partial charge on any atom is 0.303 e. The van der Waals surface area contributed by atoms with Gasteiger partial charge in [-0.1, -0.05) is 13.3 Å². The summed E-state index contributed by atoms with van der Waals surface area (Å²) in [5, 5.41) is 16.7. The van der Waals surface area contributed by atoms with Crippen LogP contribution in [0.25, 0.3) is 0 Å². The van der Waals surface area contributed by atoms with E-state index in [9.17, 15) is 9.59 Å². The van der Waals surface area contributed by atoms with Crippen LogP contribution in [0.4, 0.5) is 0 Å². The molecule has 0 aliphatic rings. The Morgan fingerprint density at radius 3 is 2.08 bits per heavy atom. The molecule has 13 heavy (non-hydrogen) atoms. The van der Waals surface area contributed by atoms with Crippen molar-refractivity contribution in [3.05, 3.63) is 0 Å². The van der Waals surface area contributed by atoms with Crippen LogP contribution in [0.15, 0.2) is 0 Å².